The third kappa shape index (κ3) is 2.76. The zero-order valence-electron chi connectivity index (χ0n) is 12.6. The minimum atomic E-state index is -0.479. The van der Waals surface area contributed by atoms with E-state index in [2.05, 4.69) is 54.3 Å². The summed E-state index contributed by atoms with van der Waals surface area (Å²) < 4.78 is 0. The summed E-state index contributed by atoms with van der Waals surface area (Å²) in [5.41, 5.74) is 7.20. The maximum Gasteiger partial charge on any atom is 0.0631 e. The molecule has 3 N–H and O–H groups in total. The summed E-state index contributed by atoms with van der Waals surface area (Å²) in [7, 11) is 0. The van der Waals surface area contributed by atoms with Crippen LogP contribution in [-0.2, 0) is 0 Å². The number of nitrogens with two attached hydrogens (primary N) is 1. The molecule has 112 valence electrons. The predicted molar refractivity (Wildman–Crippen MR) is 88.6 cm³/mol. The molecule has 2 aromatic carbocycles. The van der Waals surface area contributed by atoms with Crippen LogP contribution in [0.2, 0.25) is 0 Å². The molecule has 0 heterocycles. The Kier molecular flexibility index (Phi) is 3.87. The molecule has 0 aromatic heterocycles. The van der Waals surface area contributed by atoms with Gasteiger partial charge in [-0.2, -0.15) is 0 Å². The maximum atomic E-state index is 9.75. The van der Waals surface area contributed by atoms with Crippen LogP contribution in [0, 0.1) is 5.92 Å². The largest absolute Gasteiger partial charge is 0.394 e. The van der Waals surface area contributed by atoms with Gasteiger partial charge in [-0.05, 0) is 37.1 Å². The van der Waals surface area contributed by atoms with Crippen molar-refractivity contribution in [2.45, 2.75) is 25.3 Å². The summed E-state index contributed by atoms with van der Waals surface area (Å²) >= 11 is 0. The van der Waals surface area contributed by atoms with E-state index in [9.17, 15) is 5.11 Å². The summed E-state index contributed by atoms with van der Waals surface area (Å²) in [4.78, 5) is 2.30. The van der Waals surface area contributed by atoms with Crippen LogP contribution in [0.1, 0.15) is 19.8 Å². The average Bonchev–Trinajstić information content (AvgIpc) is 3.37. The number of rotatable bonds is 6. The van der Waals surface area contributed by atoms with E-state index in [0.29, 0.717) is 12.5 Å². The standard InChI is InChI=1S/C18H24N2O/c1-2-20(12-18(19,13-21)15-10-11-15)17-9-5-7-14-6-3-4-8-16(14)17/h3-9,15,21H,2,10-13,19H2,1H3. The molecular formula is C18H24N2O. The van der Waals surface area contributed by atoms with Gasteiger partial charge >= 0.3 is 0 Å². The van der Waals surface area contributed by atoms with Gasteiger partial charge in [0.25, 0.3) is 0 Å². The fourth-order valence-corrected chi connectivity index (χ4v) is 3.17. The second-order valence-corrected chi connectivity index (χ2v) is 6.18. The molecule has 0 bridgehead atoms. The number of hydrogen-bond acceptors (Lipinski definition) is 3. The zero-order valence-corrected chi connectivity index (χ0v) is 12.6. The van der Waals surface area contributed by atoms with E-state index in [1.54, 1.807) is 0 Å². The minimum Gasteiger partial charge on any atom is -0.394 e. The molecule has 1 fully saturated rings. The highest BCUT2D eigenvalue weighted by atomic mass is 16.3. The lowest BCUT2D eigenvalue weighted by molar-refractivity contribution is 0.180. The summed E-state index contributed by atoms with van der Waals surface area (Å²) in [6, 6.07) is 14.8. The first kappa shape index (κ1) is 14.4. The number of hydrogen-bond donors (Lipinski definition) is 2. The van der Waals surface area contributed by atoms with Crippen molar-refractivity contribution in [1.82, 2.24) is 0 Å². The Hall–Kier alpha value is -1.58. The lowest BCUT2D eigenvalue weighted by Gasteiger charge is -2.35. The van der Waals surface area contributed by atoms with E-state index in [4.69, 9.17) is 5.73 Å². The monoisotopic (exact) mass is 284 g/mol. The average molecular weight is 284 g/mol. The van der Waals surface area contributed by atoms with Gasteiger partial charge in [0.15, 0.2) is 0 Å². The third-order valence-electron chi connectivity index (χ3n) is 4.66. The molecule has 1 atom stereocenters. The SMILES string of the molecule is CCN(CC(N)(CO)C1CC1)c1cccc2ccccc12. The molecule has 0 amide bonds. The van der Waals surface area contributed by atoms with Gasteiger partial charge in [0.1, 0.15) is 0 Å². The molecule has 3 heteroatoms. The van der Waals surface area contributed by atoms with Crippen LogP contribution in [-0.4, -0.2) is 30.3 Å². The van der Waals surface area contributed by atoms with Gasteiger partial charge in [-0.1, -0.05) is 36.4 Å². The molecule has 1 aliphatic carbocycles. The topological polar surface area (TPSA) is 49.5 Å². The van der Waals surface area contributed by atoms with Gasteiger partial charge < -0.3 is 15.7 Å². The molecule has 1 aliphatic rings. The van der Waals surface area contributed by atoms with Crippen LogP contribution in [0.25, 0.3) is 10.8 Å². The lowest BCUT2D eigenvalue weighted by atomic mass is 9.94. The van der Waals surface area contributed by atoms with Crippen LogP contribution in [0.4, 0.5) is 5.69 Å². The summed E-state index contributed by atoms with van der Waals surface area (Å²) in [6.45, 7) is 3.80. The van der Waals surface area contributed by atoms with Gasteiger partial charge in [0, 0.05) is 24.2 Å². The van der Waals surface area contributed by atoms with Gasteiger partial charge in [-0.25, -0.2) is 0 Å². The van der Waals surface area contributed by atoms with Crippen molar-refractivity contribution in [2.75, 3.05) is 24.6 Å². The molecule has 0 radical (unpaired) electrons. The smallest absolute Gasteiger partial charge is 0.0631 e. The third-order valence-corrected chi connectivity index (χ3v) is 4.66. The van der Waals surface area contributed by atoms with Crippen LogP contribution >= 0.6 is 0 Å². The van der Waals surface area contributed by atoms with Crippen molar-refractivity contribution in [3.05, 3.63) is 42.5 Å². The number of anilines is 1. The Labute approximate surface area is 126 Å². The molecule has 0 spiro atoms. The van der Waals surface area contributed by atoms with Crippen LogP contribution in [0.15, 0.2) is 42.5 Å². The number of fused-ring (bicyclic) bond motifs is 1. The molecular weight excluding hydrogens is 260 g/mol. The van der Waals surface area contributed by atoms with E-state index in [1.165, 1.54) is 16.5 Å². The van der Waals surface area contributed by atoms with E-state index < -0.39 is 5.54 Å². The fourth-order valence-electron chi connectivity index (χ4n) is 3.17. The Bertz CT molecular complexity index is 618. The van der Waals surface area contributed by atoms with E-state index in [0.717, 1.165) is 19.4 Å². The van der Waals surface area contributed by atoms with E-state index in [-0.39, 0.29) is 6.61 Å². The first-order chi connectivity index (χ1) is 10.2. The van der Waals surface area contributed by atoms with Crippen molar-refractivity contribution in [2.24, 2.45) is 11.7 Å². The zero-order chi connectivity index (χ0) is 14.9. The fraction of sp³-hybridized carbons (Fsp3) is 0.444. The molecule has 0 saturated heterocycles. The summed E-state index contributed by atoms with van der Waals surface area (Å²) in [5, 5.41) is 12.2. The van der Waals surface area contributed by atoms with Crippen molar-refractivity contribution in [1.29, 1.82) is 0 Å². The number of aliphatic hydroxyl groups excluding tert-OH is 1. The van der Waals surface area contributed by atoms with Gasteiger partial charge in [-0.3, -0.25) is 0 Å². The molecule has 21 heavy (non-hydrogen) atoms. The molecule has 1 unspecified atom stereocenters. The first-order valence-corrected chi connectivity index (χ1v) is 7.80. The van der Waals surface area contributed by atoms with Gasteiger partial charge in [0.05, 0.1) is 12.1 Å². The molecule has 1 saturated carbocycles. The normalized spacial score (nSPS) is 17.7. The van der Waals surface area contributed by atoms with Crippen LogP contribution < -0.4 is 10.6 Å². The molecule has 2 aromatic rings. The Balaban J connectivity index is 1.95. The number of aliphatic hydroxyl groups is 1. The quantitative estimate of drug-likeness (QED) is 0.857. The lowest BCUT2D eigenvalue weighted by Crippen LogP contribution is -2.55. The Morgan fingerprint density at radius 3 is 2.57 bits per heavy atom. The highest BCUT2D eigenvalue weighted by molar-refractivity contribution is 5.94. The van der Waals surface area contributed by atoms with E-state index in [1.807, 2.05) is 0 Å². The summed E-state index contributed by atoms with van der Waals surface area (Å²) in [5.74, 6) is 0.464. The summed E-state index contributed by atoms with van der Waals surface area (Å²) in [6.07, 6.45) is 2.29. The Morgan fingerprint density at radius 1 is 1.19 bits per heavy atom. The van der Waals surface area contributed by atoms with E-state index >= 15 is 0 Å². The van der Waals surface area contributed by atoms with Crippen molar-refractivity contribution >= 4 is 16.5 Å². The van der Waals surface area contributed by atoms with Crippen molar-refractivity contribution in [3.63, 3.8) is 0 Å². The number of likely N-dealkylation sites (N-methyl/N-ethyl adjacent to an activating group) is 1. The Morgan fingerprint density at radius 2 is 1.90 bits per heavy atom. The number of benzene rings is 2. The predicted octanol–water partition coefficient (Wildman–Crippen LogP) is 2.77. The van der Waals surface area contributed by atoms with Crippen molar-refractivity contribution < 1.29 is 5.11 Å². The van der Waals surface area contributed by atoms with Gasteiger partial charge in [-0.15, -0.1) is 0 Å². The van der Waals surface area contributed by atoms with Gasteiger partial charge in [0.2, 0.25) is 0 Å². The van der Waals surface area contributed by atoms with Crippen LogP contribution in [0.3, 0.4) is 0 Å². The second-order valence-electron chi connectivity index (χ2n) is 6.18. The van der Waals surface area contributed by atoms with Crippen LogP contribution in [0.5, 0.6) is 0 Å². The molecule has 3 rings (SSSR count). The highest BCUT2D eigenvalue weighted by Gasteiger charge is 2.42. The maximum absolute atomic E-state index is 9.75. The number of nitrogens with zero attached hydrogens (tertiary/aromatic N) is 1. The first-order valence-electron chi connectivity index (χ1n) is 7.80. The van der Waals surface area contributed by atoms with Crippen molar-refractivity contribution in [3.8, 4) is 0 Å². The second kappa shape index (κ2) is 5.66. The highest BCUT2D eigenvalue weighted by Crippen LogP contribution is 2.39. The minimum absolute atomic E-state index is 0.0545. The molecule has 3 nitrogen and oxygen atoms in total. The molecule has 0 aliphatic heterocycles.